The van der Waals surface area contributed by atoms with Gasteiger partial charge in [-0.3, -0.25) is 0 Å². The van der Waals surface area contributed by atoms with E-state index < -0.39 is 0 Å². The van der Waals surface area contributed by atoms with Crippen LogP contribution in [0.15, 0.2) is 18.2 Å². The Morgan fingerprint density at radius 1 is 1.43 bits per heavy atom. The molecular formula is C17H20ClN3. The van der Waals surface area contributed by atoms with Crippen LogP contribution in [0.2, 0.25) is 0 Å². The number of aryl methyl sites for hydroxylation is 1. The summed E-state index contributed by atoms with van der Waals surface area (Å²) in [5.41, 5.74) is 3.01. The molecule has 21 heavy (non-hydrogen) atoms. The highest BCUT2D eigenvalue weighted by molar-refractivity contribution is 6.17. The predicted octanol–water partition coefficient (Wildman–Crippen LogP) is 4.27. The van der Waals surface area contributed by atoms with Crippen LogP contribution < -0.4 is 0 Å². The van der Waals surface area contributed by atoms with Crippen LogP contribution in [0.25, 0.3) is 11.0 Å². The van der Waals surface area contributed by atoms with Crippen LogP contribution in [0.3, 0.4) is 0 Å². The van der Waals surface area contributed by atoms with Gasteiger partial charge in [0.15, 0.2) is 0 Å². The summed E-state index contributed by atoms with van der Waals surface area (Å²) in [6, 6.07) is 8.10. The fourth-order valence-electron chi connectivity index (χ4n) is 3.27. The molecule has 2 aromatic rings. The summed E-state index contributed by atoms with van der Waals surface area (Å²) < 4.78 is 2.31. The highest BCUT2D eigenvalue weighted by Crippen LogP contribution is 2.51. The molecule has 1 saturated carbocycles. The largest absolute Gasteiger partial charge is 0.327 e. The summed E-state index contributed by atoms with van der Waals surface area (Å²) in [6.45, 7) is 3.26. The first-order chi connectivity index (χ1) is 10.2. The summed E-state index contributed by atoms with van der Waals surface area (Å²) in [4.78, 5) is 4.70. The fourth-order valence-corrected chi connectivity index (χ4v) is 3.44. The average Bonchev–Trinajstić information content (AvgIpc) is 3.16. The second-order valence-corrected chi connectivity index (χ2v) is 6.47. The van der Waals surface area contributed by atoms with Gasteiger partial charge >= 0.3 is 0 Å². The SMILES string of the molecule is CCCC1(Cn2c(CCCl)nc3c(C#N)cccc32)CC1. The molecule has 0 unspecified atom stereocenters. The number of rotatable bonds is 6. The van der Waals surface area contributed by atoms with Crippen LogP contribution in [-0.2, 0) is 13.0 Å². The molecule has 0 amide bonds. The van der Waals surface area contributed by atoms with Crippen molar-refractivity contribution >= 4 is 22.6 Å². The van der Waals surface area contributed by atoms with Crippen LogP contribution in [0.4, 0.5) is 0 Å². The molecule has 3 nitrogen and oxygen atoms in total. The van der Waals surface area contributed by atoms with Crippen molar-refractivity contribution in [3.05, 3.63) is 29.6 Å². The molecule has 0 atom stereocenters. The molecule has 0 radical (unpaired) electrons. The molecular weight excluding hydrogens is 282 g/mol. The topological polar surface area (TPSA) is 41.6 Å². The monoisotopic (exact) mass is 301 g/mol. The normalized spacial score (nSPS) is 16.0. The molecule has 0 bridgehead atoms. The average molecular weight is 302 g/mol. The molecule has 1 aliphatic rings. The van der Waals surface area contributed by atoms with E-state index in [4.69, 9.17) is 16.6 Å². The third-order valence-corrected chi connectivity index (χ3v) is 4.72. The summed E-state index contributed by atoms with van der Waals surface area (Å²) in [7, 11) is 0. The molecule has 0 N–H and O–H groups in total. The number of benzene rings is 1. The fraction of sp³-hybridized carbons (Fsp3) is 0.529. The van der Waals surface area contributed by atoms with E-state index >= 15 is 0 Å². The lowest BCUT2D eigenvalue weighted by atomic mass is 10.0. The second kappa shape index (κ2) is 5.69. The van der Waals surface area contributed by atoms with Crippen LogP contribution in [0, 0.1) is 16.7 Å². The van der Waals surface area contributed by atoms with Crippen LogP contribution >= 0.6 is 11.6 Å². The molecule has 1 aliphatic carbocycles. The van der Waals surface area contributed by atoms with Crippen molar-refractivity contribution in [1.29, 1.82) is 5.26 Å². The maximum Gasteiger partial charge on any atom is 0.111 e. The zero-order chi connectivity index (χ0) is 14.9. The van der Waals surface area contributed by atoms with Crippen molar-refractivity contribution in [2.45, 2.75) is 45.6 Å². The Kier molecular flexibility index (Phi) is 3.91. The van der Waals surface area contributed by atoms with Crippen LogP contribution in [0.5, 0.6) is 0 Å². The van der Waals surface area contributed by atoms with E-state index in [2.05, 4.69) is 23.6 Å². The van der Waals surface area contributed by atoms with Gasteiger partial charge in [0.25, 0.3) is 0 Å². The van der Waals surface area contributed by atoms with Crippen molar-refractivity contribution in [3.8, 4) is 6.07 Å². The molecule has 0 aliphatic heterocycles. The van der Waals surface area contributed by atoms with Crippen molar-refractivity contribution in [1.82, 2.24) is 9.55 Å². The highest BCUT2D eigenvalue weighted by Gasteiger charge is 2.42. The van der Waals surface area contributed by atoms with Gasteiger partial charge in [0.1, 0.15) is 17.4 Å². The number of halogens is 1. The zero-order valence-electron chi connectivity index (χ0n) is 12.4. The Labute approximate surface area is 130 Å². The quantitative estimate of drug-likeness (QED) is 0.748. The number of nitrogens with zero attached hydrogens (tertiary/aromatic N) is 3. The molecule has 110 valence electrons. The maximum absolute atomic E-state index is 9.27. The summed E-state index contributed by atoms with van der Waals surface area (Å²) >= 11 is 5.94. The Balaban J connectivity index is 2.07. The van der Waals surface area contributed by atoms with E-state index in [-0.39, 0.29) is 0 Å². The molecule has 1 heterocycles. The van der Waals surface area contributed by atoms with Crippen LogP contribution in [0.1, 0.15) is 44.0 Å². The predicted molar refractivity (Wildman–Crippen MR) is 85.4 cm³/mol. The Bertz CT molecular complexity index is 692. The summed E-state index contributed by atoms with van der Waals surface area (Å²) in [5, 5.41) is 9.27. The molecule has 1 fully saturated rings. The number of nitriles is 1. The van der Waals surface area contributed by atoms with E-state index in [1.54, 1.807) is 0 Å². The van der Waals surface area contributed by atoms with E-state index in [1.165, 1.54) is 25.7 Å². The lowest BCUT2D eigenvalue weighted by Gasteiger charge is -2.17. The lowest BCUT2D eigenvalue weighted by Crippen LogP contribution is -2.14. The number of fused-ring (bicyclic) bond motifs is 1. The smallest absolute Gasteiger partial charge is 0.111 e. The minimum absolute atomic E-state index is 0.450. The number of imidazole rings is 1. The Morgan fingerprint density at radius 3 is 2.86 bits per heavy atom. The van der Waals surface area contributed by atoms with Gasteiger partial charge in [0.05, 0.1) is 11.1 Å². The first-order valence-electron chi connectivity index (χ1n) is 7.67. The van der Waals surface area contributed by atoms with Crippen molar-refractivity contribution in [2.75, 3.05) is 5.88 Å². The van der Waals surface area contributed by atoms with Gasteiger partial charge in [-0.1, -0.05) is 19.4 Å². The van der Waals surface area contributed by atoms with Crippen molar-refractivity contribution in [3.63, 3.8) is 0 Å². The van der Waals surface area contributed by atoms with Gasteiger partial charge in [0.2, 0.25) is 0 Å². The molecule has 4 heteroatoms. The van der Waals surface area contributed by atoms with Crippen LogP contribution in [-0.4, -0.2) is 15.4 Å². The first-order valence-corrected chi connectivity index (χ1v) is 8.20. The van der Waals surface area contributed by atoms with E-state index in [0.29, 0.717) is 16.9 Å². The minimum atomic E-state index is 0.450. The van der Waals surface area contributed by atoms with Gasteiger partial charge in [-0.15, -0.1) is 11.6 Å². The second-order valence-electron chi connectivity index (χ2n) is 6.09. The van der Waals surface area contributed by atoms with Gasteiger partial charge in [0, 0.05) is 18.8 Å². The molecule has 1 aromatic carbocycles. The minimum Gasteiger partial charge on any atom is -0.327 e. The zero-order valence-corrected chi connectivity index (χ0v) is 13.2. The molecule has 0 spiro atoms. The standard InChI is InChI=1S/C17H20ClN3/c1-2-7-17(8-9-17)12-21-14-5-3-4-13(11-19)16(14)20-15(21)6-10-18/h3-5H,2,6-10,12H2,1H3. The van der Waals surface area contributed by atoms with Gasteiger partial charge in [-0.05, 0) is 36.8 Å². The summed E-state index contributed by atoms with van der Waals surface area (Å²) in [6.07, 6.45) is 5.85. The van der Waals surface area contributed by atoms with E-state index in [0.717, 1.165) is 29.8 Å². The van der Waals surface area contributed by atoms with Gasteiger partial charge in [-0.2, -0.15) is 5.26 Å². The highest BCUT2D eigenvalue weighted by atomic mass is 35.5. The third kappa shape index (κ3) is 2.65. The number of hydrogen-bond donors (Lipinski definition) is 0. The molecule has 1 aromatic heterocycles. The molecule has 3 rings (SSSR count). The van der Waals surface area contributed by atoms with E-state index in [9.17, 15) is 5.26 Å². The van der Waals surface area contributed by atoms with Crippen molar-refractivity contribution < 1.29 is 0 Å². The van der Waals surface area contributed by atoms with Gasteiger partial charge in [-0.25, -0.2) is 4.98 Å². The maximum atomic E-state index is 9.27. The number of para-hydroxylation sites is 1. The number of hydrogen-bond acceptors (Lipinski definition) is 2. The summed E-state index contributed by atoms with van der Waals surface area (Å²) in [5.74, 6) is 1.58. The number of aromatic nitrogens is 2. The number of alkyl halides is 1. The molecule has 0 saturated heterocycles. The third-order valence-electron chi connectivity index (χ3n) is 4.53. The van der Waals surface area contributed by atoms with E-state index in [1.807, 2.05) is 12.1 Å². The first kappa shape index (κ1) is 14.4. The Morgan fingerprint density at radius 2 is 2.24 bits per heavy atom. The lowest BCUT2D eigenvalue weighted by molar-refractivity contribution is 0.387. The van der Waals surface area contributed by atoms with Crippen molar-refractivity contribution in [2.24, 2.45) is 5.41 Å². The Hall–Kier alpha value is -1.53. The van der Waals surface area contributed by atoms with Gasteiger partial charge < -0.3 is 4.57 Å².